The molecule has 0 spiro atoms. The van der Waals surface area contributed by atoms with Crippen LogP contribution in [-0.2, 0) is 4.74 Å². The van der Waals surface area contributed by atoms with Crippen molar-refractivity contribution in [3.63, 3.8) is 0 Å². The van der Waals surface area contributed by atoms with Gasteiger partial charge in [-0.2, -0.15) is 0 Å². The molecule has 122 valence electrons. The van der Waals surface area contributed by atoms with Gasteiger partial charge in [0.05, 0.1) is 10.9 Å². The van der Waals surface area contributed by atoms with Crippen molar-refractivity contribution in [1.29, 1.82) is 0 Å². The van der Waals surface area contributed by atoms with Gasteiger partial charge in [-0.15, -0.1) is 0 Å². The van der Waals surface area contributed by atoms with E-state index in [0.717, 1.165) is 10.9 Å². The van der Waals surface area contributed by atoms with E-state index in [4.69, 9.17) is 13.9 Å². The smallest absolute Gasteiger partial charge is 0.343 e. The Morgan fingerprint density at radius 1 is 1.08 bits per heavy atom. The van der Waals surface area contributed by atoms with Crippen LogP contribution in [-0.4, -0.2) is 12.9 Å². The molecule has 0 unspecified atom stereocenters. The Hall–Kier alpha value is -2.59. The van der Waals surface area contributed by atoms with E-state index < -0.39 is 5.79 Å². The molecule has 24 heavy (non-hydrogen) atoms. The third-order valence-electron chi connectivity index (χ3n) is 4.67. The molecule has 0 radical (unpaired) electrons. The van der Waals surface area contributed by atoms with Crippen molar-refractivity contribution in [1.82, 2.24) is 0 Å². The normalized spacial score (nSPS) is 22.8. The van der Waals surface area contributed by atoms with Crippen molar-refractivity contribution >= 4 is 11.0 Å². The first kappa shape index (κ1) is 15.0. The Morgan fingerprint density at radius 3 is 2.54 bits per heavy atom. The molecule has 0 N–H and O–H groups in total. The summed E-state index contributed by atoms with van der Waals surface area (Å²) in [4.78, 5) is 12.7. The fourth-order valence-corrected chi connectivity index (χ4v) is 3.37. The zero-order chi connectivity index (χ0) is 16.7. The Balaban J connectivity index is 2.03. The second-order valence-electron chi connectivity index (χ2n) is 6.24. The first-order valence-corrected chi connectivity index (χ1v) is 7.96. The van der Waals surface area contributed by atoms with Gasteiger partial charge in [0.25, 0.3) is 0 Å². The number of para-hydroxylation sites is 1. The quantitative estimate of drug-likeness (QED) is 0.667. The molecule has 1 aromatic heterocycles. The second-order valence-corrected chi connectivity index (χ2v) is 6.24. The first-order valence-electron chi connectivity index (χ1n) is 7.96. The summed E-state index contributed by atoms with van der Waals surface area (Å²) in [6.07, 6.45) is 0.545. The Kier molecular flexibility index (Phi) is 3.43. The number of ether oxygens (including phenoxy) is 2. The molecule has 0 aliphatic carbocycles. The third kappa shape index (κ3) is 2.31. The highest BCUT2D eigenvalue weighted by atomic mass is 16.7. The molecule has 1 aliphatic heterocycles. The lowest BCUT2D eigenvalue weighted by Crippen LogP contribution is -2.41. The highest BCUT2D eigenvalue weighted by molar-refractivity contribution is 5.85. The average molecular weight is 322 g/mol. The van der Waals surface area contributed by atoms with Gasteiger partial charge in [0, 0.05) is 26.4 Å². The van der Waals surface area contributed by atoms with Gasteiger partial charge in [-0.1, -0.05) is 42.5 Å². The number of rotatable bonds is 2. The molecule has 0 bridgehead atoms. The predicted octanol–water partition coefficient (Wildman–Crippen LogP) is 4.07. The van der Waals surface area contributed by atoms with Gasteiger partial charge in [0.15, 0.2) is 0 Å². The molecule has 4 heteroatoms. The van der Waals surface area contributed by atoms with Crippen molar-refractivity contribution in [2.24, 2.45) is 0 Å². The van der Waals surface area contributed by atoms with Crippen LogP contribution in [0, 0.1) is 0 Å². The fourth-order valence-electron chi connectivity index (χ4n) is 3.37. The van der Waals surface area contributed by atoms with E-state index in [0.29, 0.717) is 23.3 Å². The molecule has 0 saturated carbocycles. The lowest BCUT2D eigenvalue weighted by Gasteiger charge is -2.38. The summed E-state index contributed by atoms with van der Waals surface area (Å²) >= 11 is 0. The van der Waals surface area contributed by atoms with Gasteiger partial charge in [0.2, 0.25) is 5.79 Å². The van der Waals surface area contributed by atoms with Crippen LogP contribution in [0.2, 0.25) is 0 Å². The summed E-state index contributed by atoms with van der Waals surface area (Å²) in [6, 6.07) is 17.4. The average Bonchev–Trinajstić information content (AvgIpc) is 2.62. The van der Waals surface area contributed by atoms with Gasteiger partial charge in [-0.3, -0.25) is 0 Å². The van der Waals surface area contributed by atoms with E-state index >= 15 is 0 Å². The number of hydrogen-bond acceptors (Lipinski definition) is 4. The Labute approximate surface area is 139 Å². The van der Waals surface area contributed by atoms with E-state index in [1.165, 1.54) is 0 Å². The monoisotopic (exact) mass is 322 g/mol. The molecule has 4 rings (SSSR count). The van der Waals surface area contributed by atoms with Crippen LogP contribution >= 0.6 is 0 Å². The molecular formula is C20H18O4. The van der Waals surface area contributed by atoms with E-state index in [1.54, 1.807) is 13.2 Å². The van der Waals surface area contributed by atoms with Crippen molar-refractivity contribution < 1.29 is 13.9 Å². The maximum absolute atomic E-state index is 12.7. The predicted molar refractivity (Wildman–Crippen MR) is 91.4 cm³/mol. The lowest BCUT2D eigenvalue weighted by molar-refractivity contribution is -0.163. The van der Waals surface area contributed by atoms with Crippen LogP contribution in [0.15, 0.2) is 63.8 Å². The number of hydrogen-bond donors (Lipinski definition) is 0. The van der Waals surface area contributed by atoms with Crippen molar-refractivity contribution in [2.75, 3.05) is 7.11 Å². The van der Waals surface area contributed by atoms with Crippen molar-refractivity contribution in [3.8, 4) is 5.75 Å². The molecule has 1 aliphatic rings. The standard InChI is InChI=1S/C20H18O4/c1-20(22-2)12-15(13-8-4-3-5-9-13)17-18(24-20)14-10-6-7-11-16(14)23-19(17)21/h3-11,15H,12H2,1-2H3/t15-,20-/m1/s1. The maximum atomic E-state index is 12.7. The summed E-state index contributed by atoms with van der Waals surface area (Å²) in [5.74, 6) is -0.378. The van der Waals surface area contributed by atoms with Gasteiger partial charge in [-0.25, -0.2) is 4.79 Å². The second kappa shape index (κ2) is 5.49. The van der Waals surface area contributed by atoms with Crippen LogP contribution in [0.1, 0.15) is 30.4 Å². The fraction of sp³-hybridized carbons (Fsp3) is 0.250. The zero-order valence-electron chi connectivity index (χ0n) is 13.6. The van der Waals surface area contributed by atoms with E-state index in [1.807, 2.05) is 55.5 Å². The number of benzene rings is 2. The minimum atomic E-state index is -0.802. The minimum Gasteiger partial charge on any atom is -0.461 e. The van der Waals surface area contributed by atoms with Crippen LogP contribution in [0.3, 0.4) is 0 Å². The number of fused-ring (bicyclic) bond motifs is 3. The SMILES string of the molecule is CO[C@@]1(C)C[C@H](c2ccccc2)c2c(c3ccccc3oc2=O)O1. The lowest BCUT2D eigenvalue weighted by atomic mass is 9.83. The van der Waals surface area contributed by atoms with Crippen LogP contribution < -0.4 is 10.4 Å². The molecule has 0 amide bonds. The molecule has 2 heterocycles. The maximum Gasteiger partial charge on any atom is 0.343 e. The van der Waals surface area contributed by atoms with Gasteiger partial charge in [0.1, 0.15) is 11.3 Å². The summed E-state index contributed by atoms with van der Waals surface area (Å²) in [5.41, 5.74) is 1.78. The molecule has 2 aromatic carbocycles. The Morgan fingerprint density at radius 2 is 1.79 bits per heavy atom. The van der Waals surface area contributed by atoms with E-state index in [9.17, 15) is 4.79 Å². The third-order valence-corrected chi connectivity index (χ3v) is 4.67. The highest BCUT2D eigenvalue weighted by Gasteiger charge is 2.41. The molecule has 0 saturated heterocycles. The Bertz CT molecular complexity index is 945. The van der Waals surface area contributed by atoms with E-state index in [2.05, 4.69) is 0 Å². The first-order chi connectivity index (χ1) is 11.6. The molecule has 0 fully saturated rings. The van der Waals surface area contributed by atoms with Crippen molar-refractivity contribution in [3.05, 3.63) is 76.1 Å². The minimum absolute atomic E-state index is 0.138. The zero-order valence-corrected chi connectivity index (χ0v) is 13.6. The largest absolute Gasteiger partial charge is 0.461 e. The topological polar surface area (TPSA) is 48.7 Å². The number of methoxy groups -OCH3 is 1. The van der Waals surface area contributed by atoms with E-state index in [-0.39, 0.29) is 11.5 Å². The molecule has 2 atom stereocenters. The summed E-state index contributed by atoms with van der Waals surface area (Å²) in [7, 11) is 1.63. The van der Waals surface area contributed by atoms with Gasteiger partial charge >= 0.3 is 5.63 Å². The molecular weight excluding hydrogens is 304 g/mol. The van der Waals surface area contributed by atoms with Gasteiger partial charge in [-0.05, 0) is 17.7 Å². The van der Waals surface area contributed by atoms with Crippen molar-refractivity contribution in [2.45, 2.75) is 25.0 Å². The summed E-state index contributed by atoms with van der Waals surface area (Å²) in [5, 5.41) is 0.788. The summed E-state index contributed by atoms with van der Waals surface area (Å²) < 4.78 is 17.3. The van der Waals surface area contributed by atoms with Gasteiger partial charge < -0.3 is 13.9 Å². The summed E-state index contributed by atoms with van der Waals surface area (Å²) in [6.45, 7) is 1.90. The molecule has 3 aromatic rings. The van der Waals surface area contributed by atoms with Crippen LogP contribution in [0.25, 0.3) is 11.0 Å². The molecule has 4 nitrogen and oxygen atoms in total. The van der Waals surface area contributed by atoms with Crippen LogP contribution in [0.4, 0.5) is 0 Å². The highest BCUT2D eigenvalue weighted by Crippen LogP contribution is 2.45. The van der Waals surface area contributed by atoms with Crippen LogP contribution in [0.5, 0.6) is 5.75 Å².